The van der Waals surface area contributed by atoms with E-state index in [1.165, 1.54) is 25.7 Å². The number of rotatable bonds is 5. The molecule has 4 heteroatoms. The highest BCUT2D eigenvalue weighted by atomic mass is 32.2. The van der Waals surface area contributed by atoms with Crippen molar-refractivity contribution in [1.82, 2.24) is 0 Å². The van der Waals surface area contributed by atoms with E-state index in [9.17, 15) is 0 Å². The Balaban J connectivity index is 2.01. The van der Waals surface area contributed by atoms with E-state index in [1.54, 1.807) is 7.11 Å². The van der Waals surface area contributed by atoms with Crippen LogP contribution in [0.5, 0.6) is 5.75 Å². The van der Waals surface area contributed by atoms with Crippen LogP contribution in [0.3, 0.4) is 0 Å². The summed E-state index contributed by atoms with van der Waals surface area (Å²) in [5.74, 6) is 0.740. The van der Waals surface area contributed by atoms with Crippen molar-refractivity contribution < 1.29 is 4.74 Å². The van der Waals surface area contributed by atoms with Crippen LogP contribution in [-0.4, -0.2) is 24.7 Å². The van der Waals surface area contributed by atoms with Crippen LogP contribution in [0.2, 0.25) is 0 Å². The van der Waals surface area contributed by atoms with Gasteiger partial charge in [-0.2, -0.15) is 11.8 Å². The Morgan fingerprint density at radius 1 is 1.39 bits per heavy atom. The molecule has 0 radical (unpaired) electrons. The maximum absolute atomic E-state index is 5.81. The molecule has 1 fully saturated rings. The van der Waals surface area contributed by atoms with Crippen molar-refractivity contribution in [2.45, 2.75) is 30.4 Å². The van der Waals surface area contributed by atoms with Crippen LogP contribution in [0.25, 0.3) is 0 Å². The van der Waals surface area contributed by atoms with E-state index in [1.807, 2.05) is 30.0 Å². The normalized spacial score (nSPS) is 17.7. The van der Waals surface area contributed by atoms with Crippen LogP contribution in [-0.2, 0) is 0 Å². The zero-order valence-electron chi connectivity index (χ0n) is 11.2. The Hall–Kier alpha value is -1.03. The summed E-state index contributed by atoms with van der Waals surface area (Å²) in [6, 6.07) is 5.88. The fraction of sp³-hybridized carbons (Fsp3) is 0.571. The molecule has 1 aliphatic rings. The van der Waals surface area contributed by atoms with Crippen molar-refractivity contribution in [3.63, 3.8) is 0 Å². The smallest absolute Gasteiger partial charge is 0.143 e. The number of nitrogen functional groups attached to an aromatic ring is 1. The second-order valence-corrected chi connectivity index (χ2v) is 6.18. The lowest BCUT2D eigenvalue weighted by Crippen LogP contribution is -2.29. The van der Waals surface area contributed by atoms with E-state index in [0.29, 0.717) is 10.4 Å². The van der Waals surface area contributed by atoms with Gasteiger partial charge >= 0.3 is 0 Å². The largest absolute Gasteiger partial charge is 0.495 e. The lowest BCUT2D eigenvalue weighted by atomic mass is 10.1. The van der Waals surface area contributed by atoms with Gasteiger partial charge in [-0.15, -0.1) is 0 Å². The van der Waals surface area contributed by atoms with Crippen LogP contribution in [0.4, 0.5) is 11.4 Å². The fourth-order valence-electron chi connectivity index (χ4n) is 2.56. The summed E-state index contributed by atoms with van der Waals surface area (Å²) < 4.78 is 5.65. The summed E-state index contributed by atoms with van der Waals surface area (Å²) in [5, 5.41) is 3.52. The minimum absolute atomic E-state index is 0.411. The molecule has 0 bridgehead atoms. The first-order valence-corrected chi connectivity index (χ1v) is 7.64. The van der Waals surface area contributed by atoms with Gasteiger partial charge in [0.05, 0.1) is 12.8 Å². The zero-order chi connectivity index (χ0) is 13.0. The van der Waals surface area contributed by atoms with Gasteiger partial charge in [0.25, 0.3) is 0 Å². The molecule has 3 N–H and O–H groups in total. The summed E-state index contributed by atoms with van der Waals surface area (Å²) in [4.78, 5) is 0. The third-order valence-electron chi connectivity index (χ3n) is 3.80. The van der Waals surface area contributed by atoms with Crippen molar-refractivity contribution in [1.29, 1.82) is 0 Å². The SMILES string of the molecule is COc1cc(NCC2(SC)CCCC2)ccc1N. The zero-order valence-corrected chi connectivity index (χ0v) is 12.0. The van der Waals surface area contributed by atoms with E-state index in [2.05, 4.69) is 11.6 Å². The molecule has 100 valence electrons. The van der Waals surface area contributed by atoms with Gasteiger partial charge in [0.1, 0.15) is 5.75 Å². The van der Waals surface area contributed by atoms with Gasteiger partial charge in [0.2, 0.25) is 0 Å². The molecule has 0 aliphatic heterocycles. The molecule has 2 rings (SSSR count). The Morgan fingerprint density at radius 3 is 2.72 bits per heavy atom. The van der Waals surface area contributed by atoms with Gasteiger partial charge in [-0.25, -0.2) is 0 Å². The molecule has 0 atom stereocenters. The molecule has 0 spiro atoms. The standard InChI is InChI=1S/C14H22N2OS/c1-17-13-9-11(5-6-12(13)15)16-10-14(18-2)7-3-4-8-14/h5-6,9,16H,3-4,7-8,10,15H2,1-2H3. The van der Waals surface area contributed by atoms with Gasteiger partial charge in [-0.05, 0) is 31.2 Å². The molecular formula is C14H22N2OS. The number of benzene rings is 1. The maximum Gasteiger partial charge on any atom is 0.143 e. The van der Waals surface area contributed by atoms with E-state index in [4.69, 9.17) is 10.5 Å². The topological polar surface area (TPSA) is 47.3 Å². The predicted octanol–water partition coefficient (Wildman–Crippen LogP) is 3.37. The summed E-state index contributed by atoms with van der Waals surface area (Å²) in [7, 11) is 1.65. The molecule has 0 unspecified atom stereocenters. The molecule has 1 aliphatic carbocycles. The minimum Gasteiger partial charge on any atom is -0.495 e. The van der Waals surface area contributed by atoms with Crippen LogP contribution in [0.1, 0.15) is 25.7 Å². The number of hydrogen-bond acceptors (Lipinski definition) is 4. The molecule has 3 nitrogen and oxygen atoms in total. The number of ether oxygens (including phenoxy) is 1. The highest BCUT2D eigenvalue weighted by Gasteiger charge is 2.32. The second-order valence-electron chi connectivity index (χ2n) is 4.90. The molecular weight excluding hydrogens is 244 g/mol. The average molecular weight is 266 g/mol. The van der Waals surface area contributed by atoms with Crippen molar-refractivity contribution in [2.24, 2.45) is 0 Å². The first kappa shape index (κ1) is 13.4. The first-order chi connectivity index (χ1) is 8.69. The van der Waals surface area contributed by atoms with E-state index < -0.39 is 0 Å². The van der Waals surface area contributed by atoms with E-state index >= 15 is 0 Å². The average Bonchev–Trinajstić information content (AvgIpc) is 2.87. The highest BCUT2D eigenvalue weighted by Crippen LogP contribution is 2.40. The lowest BCUT2D eigenvalue weighted by molar-refractivity contribution is 0.417. The van der Waals surface area contributed by atoms with Crippen LogP contribution >= 0.6 is 11.8 Å². The Morgan fingerprint density at radius 2 is 2.11 bits per heavy atom. The maximum atomic E-state index is 5.81. The van der Waals surface area contributed by atoms with Crippen molar-refractivity contribution in [3.8, 4) is 5.75 Å². The Kier molecular flexibility index (Phi) is 4.27. The first-order valence-electron chi connectivity index (χ1n) is 6.42. The lowest BCUT2D eigenvalue weighted by Gasteiger charge is -2.27. The molecule has 18 heavy (non-hydrogen) atoms. The van der Waals surface area contributed by atoms with Gasteiger partial charge in [0, 0.05) is 23.0 Å². The predicted molar refractivity (Wildman–Crippen MR) is 80.6 cm³/mol. The van der Waals surface area contributed by atoms with Gasteiger partial charge in [-0.3, -0.25) is 0 Å². The minimum atomic E-state index is 0.411. The molecule has 0 aromatic heterocycles. The summed E-state index contributed by atoms with van der Waals surface area (Å²) in [6.07, 6.45) is 7.55. The van der Waals surface area contributed by atoms with Gasteiger partial charge in [-0.1, -0.05) is 12.8 Å². The molecule has 0 saturated heterocycles. The fourth-order valence-corrected chi connectivity index (χ4v) is 3.47. The van der Waals surface area contributed by atoms with Crippen molar-refractivity contribution in [2.75, 3.05) is 31.0 Å². The number of nitrogens with two attached hydrogens (primary N) is 1. The third kappa shape index (κ3) is 2.86. The Labute approximate surface area is 113 Å². The molecule has 1 aromatic rings. The van der Waals surface area contributed by atoms with Crippen molar-refractivity contribution in [3.05, 3.63) is 18.2 Å². The quantitative estimate of drug-likeness (QED) is 0.802. The van der Waals surface area contributed by atoms with Crippen LogP contribution in [0.15, 0.2) is 18.2 Å². The number of nitrogens with one attached hydrogen (secondary N) is 1. The number of thioether (sulfide) groups is 1. The van der Waals surface area contributed by atoms with E-state index in [-0.39, 0.29) is 0 Å². The van der Waals surface area contributed by atoms with E-state index in [0.717, 1.165) is 18.0 Å². The van der Waals surface area contributed by atoms with Gasteiger partial charge in [0.15, 0.2) is 0 Å². The summed E-state index contributed by atoms with van der Waals surface area (Å²) in [5.41, 5.74) is 7.58. The third-order valence-corrected chi connectivity index (χ3v) is 5.21. The number of anilines is 2. The van der Waals surface area contributed by atoms with Crippen LogP contribution < -0.4 is 15.8 Å². The molecule has 0 heterocycles. The molecule has 1 saturated carbocycles. The Bertz CT molecular complexity index is 403. The second kappa shape index (κ2) is 5.74. The summed E-state index contributed by atoms with van der Waals surface area (Å²) >= 11 is 1.99. The summed E-state index contributed by atoms with van der Waals surface area (Å²) in [6.45, 7) is 1.02. The van der Waals surface area contributed by atoms with Gasteiger partial charge < -0.3 is 15.8 Å². The highest BCUT2D eigenvalue weighted by molar-refractivity contribution is 8.00. The molecule has 0 amide bonds. The molecule has 1 aromatic carbocycles. The number of hydrogen-bond donors (Lipinski definition) is 2. The monoisotopic (exact) mass is 266 g/mol. The van der Waals surface area contributed by atoms with Crippen molar-refractivity contribution >= 4 is 23.1 Å². The van der Waals surface area contributed by atoms with Crippen LogP contribution in [0, 0.1) is 0 Å². The number of methoxy groups -OCH3 is 1.